The Hall–Kier alpha value is -1.43. The van der Waals surface area contributed by atoms with Gasteiger partial charge in [0.2, 0.25) is 0 Å². The first-order valence-electron chi connectivity index (χ1n) is 6.79. The van der Waals surface area contributed by atoms with Gasteiger partial charge in [0.1, 0.15) is 11.6 Å². The second-order valence-corrected chi connectivity index (χ2v) is 5.60. The third kappa shape index (κ3) is 4.03. The van der Waals surface area contributed by atoms with E-state index in [4.69, 9.17) is 10.6 Å². The highest BCUT2D eigenvalue weighted by atomic mass is 79.9. The molecule has 5 heteroatoms. The molecule has 1 atom stereocenters. The monoisotopic (exact) mass is 352 g/mol. The van der Waals surface area contributed by atoms with Crippen LogP contribution in [-0.2, 0) is 0 Å². The van der Waals surface area contributed by atoms with Gasteiger partial charge < -0.3 is 4.74 Å². The summed E-state index contributed by atoms with van der Waals surface area (Å²) in [5, 5.41) is 0. The van der Waals surface area contributed by atoms with Crippen molar-refractivity contribution < 1.29 is 9.13 Å². The summed E-state index contributed by atoms with van der Waals surface area (Å²) in [5.74, 6) is 6.09. The molecule has 0 heterocycles. The molecule has 0 aliphatic rings. The van der Waals surface area contributed by atoms with Crippen molar-refractivity contribution in [3.8, 4) is 5.75 Å². The van der Waals surface area contributed by atoms with Gasteiger partial charge in [0, 0.05) is 10.0 Å². The number of benzene rings is 2. The SMILES string of the molecule is CCCOc1ccc(C(NN)c2ccc(Br)cc2F)cc1. The summed E-state index contributed by atoms with van der Waals surface area (Å²) < 4.78 is 20.3. The number of rotatable bonds is 6. The first kappa shape index (κ1) is 15.9. The summed E-state index contributed by atoms with van der Waals surface area (Å²) >= 11 is 3.25. The van der Waals surface area contributed by atoms with Gasteiger partial charge in [-0.05, 0) is 36.2 Å². The molecule has 0 saturated heterocycles. The van der Waals surface area contributed by atoms with Crippen LogP contribution in [0.15, 0.2) is 46.9 Å². The molecule has 3 nitrogen and oxygen atoms in total. The molecule has 0 aliphatic heterocycles. The van der Waals surface area contributed by atoms with Crippen LogP contribution in [0.3, 0.4) is 0 Å². The fraction of sp³-hybridized carbons (Fsp3) is 0.250. The van der Waals surface area contributed by atoms with Gasteiger partial charge in [-0.15, -0.1) is 0 Å². The lowest BCUT2D eigenvalue weighted by atomic mass is 9.99. The van der Waals surface area contributed by atoms with Crippen molar-refractivity contribution in [3.63, 3.8) is 0 Å². The maximum atomic E-state index is 14.1. The molecular weight excluding hydrogens is 335 g/mol. The second kappa shape index (κ2) is 7.54. The van der Waals surface area contributed by atoms with Crippen LogP contribution >= 0.6 is 15.9 Å². The molecule has 0 radical (unpaired) electrons. The molecule has 3 N–H and O–H groups in total. The highest BCUT2D eigenvalue weighted by molar-refractivity contribution is 9.10. The minimum atomic E-state index is -0.404. The largest absolute Gasteiger partial charge is 0.494 e. The predicted octanol–water partition coefficient (Wildman–Crippen LogP) is 3.93. The molecule has 2 aromatic carbocycles. The zero-order chi connectivity index (χ0) is 15.2. The van der Waals surface area contributed by atoms with Crippen molar-refractivity contribution in [1.29, 1.82) is 0 Å². The van der Waals surface area contributed by atoms with Crippen LogP contribution in [0.5, 0.6) is 5.75 Å². The zero-order valence-corrected chi connectivity index (χ0v) is 13.4. The lowest BCUT2D eigenvalue weighted by Gasteiger charge is -2.18. The molecule has 21 heavy (non-hydrogen) atoms. The van der Waals surface area contributed by atoms with E-state index < -0.39 is 6.04 Å². The van der Waals surface area contributed by atoms with E-state index >= 15 is 0 Å². The van der Waals surface area contributed by atoms with Crippen LogP contribution in [-0.4, -0.2) is 6.61 Å². The van der Waals surface area contributed by atoms with Crippen molar-refractivity contribution in [2.75, 3.05) is 6.61 Å². The molecule has 1 unspecified atom stereocenters. The maximum absolute atomic E-state index is 14.1. The number of nitrogens with two attached hydrogens (primary N) is 1. The molecule has 0 bridgehead atoms. The number of hydrogen-bond acceptors (Lipinski definition) is 3. The molecule has 112 valence electrons. The summed E-state index contributed by atoms with van der Waals surface area (Å²) in [5.41, 5.74) is 4.04. The molecule has 0 spiro atoms. The molecule has 0 saturated carbocycles. The smallest absolute Gasteiger partial charge is 0.129 e. The van der Waals surface area contributed by atoms with Gasteiger partial charge in [0.25, 0.3) is 0 Å². The van der Waals surface area contributed by atoms with Gasteiger partial charge in [0.05, 0.1) is 12.6 Å². The molecule has 2 rings (SSSR count). The van der Waals surface area contributed by atoms with Gasteiger partial charge in [-0.1, -0.05) is 41.1 Å². The topological polar surface area (TPSA) is 47.3 Å². The Labute approximate surface area is 132 Å². The Bertz CT molecular complexity index is 589. The Morgan fingerprint density at radius 1 is 1.24 bits per heavy atom. The first-order chi connectivity index (χ1) is 10.2. The molecule has 2 aromatic rings. The van der Waals surface area contributed by atoms with Crippen LogP contribution in [0.25, 0.3) is 0 Å². The van der Waals surface area contributed by atoms with Crippen LogP contribution in [0.2, 0.25) is 0 Å². The summed E-state index contributed by atoms with van der Waals surface area (Å²) in [6.45, 7) is 2.73. The average Bonchev–Trinajstić information content (AvgIpc) is 2.49. The third-order valence-electron chi connectivity index (χ3n) is 3.13. The van der Waals surface area contributed by atoms with Gasteiger partial charge in [-0.25, -0.2) is 9.82 Å². The number of hydrogen-bond donors (Lipinski definition) is 2. The minimum absolute atomic E-state index is 0.307. The van der Waals surface area contributed by atoms with E-state index in [0.29, 0.717) is 16.6 Å². The maximum Gasteiger partial charge on any atom is 0.129 e. The first-order valence-corrected chi connectivity index (χ1v) is 7.58. The highest BCUT2D eigenvalue weighted by Crippen LogP contribution is 2.27. The Kier molecular flexibility index (Phi) is 5.73. The lowest BCUT2D eigenvalue weighted by Crippen LogP contribution is -2.29. The number of nitrogens with one attached hydrogen (secondary N) is 1. The quantitative estimate of drug-likeness (QED) is 0.611. The Morgan fingerprint density at radius 2 is 1.95 bits per heavy atom. The standard InChI is InChI=1S/C16H18BrFN2O/c1-2-9-21-13-6-3-11(4-7-13)16(20-19)14-8-5-12(17)10-15(14)18/h3-8,10,16,20H,2,9,19H2,1H3. The summed E-state index contributed by atoms with van der Waals surface area (Å²) in [6, 6.07) is 12.0. The molecular formula is C16H18BrFN2O. The van der Waals surface area contributed by atoms with Gasteiger partial charge in [-0.3, -0.25) is 5.84 Å². The van der Waals surface area contributed by atoms with Gasteiger partial charge in [0.15, 0.2) is 0 Å². The predicted molar refractivity (Wildman–Crippen MR) is 85.5 cm³/mol. The fourth-order valence-electron chi connectivity index (χ4n) is 2.08. The average molecular weight is 353 g/mol. The second-order valence-electron chi connectivity index (χ2n) is 4.68. The van der Waals surface area contributed by atoms with Crippen LogP contribution < -0.4 is 16.0 Å². The van der Waals surface area contributed by atoms with Crippen molar-refractivity contribution in [1.82, 2.24) is 5.43 Å². The summed E-state index contributed by atoms with van der Waals surface area (Å²) in [6.07, 6.45) is 0.957. The van der Waals surface area contributed by atoms with E-state index in [0.717, 1.165) is 17.7 Å². The van der Waals surface area contributed by atoms with Gasteiger partial charge >= 0.3 is 0 Å². The minimum Gasteiger partial charge on any atom is -0.494 e. The van der Waals surface area contributed by atoms with E-state index in [9.17, 15) is 4.39 Å². The van der Waals surface area contributed by atoms with Crippen molar-refractivity contribution in [2.45, 2.75) is 19.4 Å². The van der Waals surface area contributed by atoms with Crippen LogP contribution in [0.1, 0.15) is 30.5 Å². The van der Waals surface area contributed by atoms with Crippen molar-refractivity contribution in [3.05, 3.63) is 63.9 Å². The van der Waals surface area contributed by atoms with Crippen molar-refractivity contribution in [2.24, 2.45) is 5.84 Å². The summed E-state index contributed by atoms with van der Waals surface area (Å²) in [7, 11) is 0. The number of halogens is 2. The lowest BCUT2D eigenvalue weighted by molar-refractivity contribution is 0.317. The fourth-order valence-corrected chi connectivity index (χ4v) is 2.41. The van der Waals surface area contributed by atoms with Crippen LogP contribution in [0, 0.1) is 5.82 Å². The normalized spacial score (nSPS) is 12.2. The van der Waals surface area contributed by atoms with E-state index in [-0.39, 0.29) is 5.82 Å². The van der Waals surface area contributed by atoms with Gasteiger partial charge in [-0.2, -0.15) is 0 Å². The molecule has 0 fully saturated rings. The van der Waals surface area contributed by atoms with E-state index in [2.05, 4.69) is 28.3 Å². The van der Waals surface area contributed by atoms with E-state index in [1.165, 1.54) is 6.07 Å². The Balaban J connectivity index is 2.24. The summed E-state index contributed by atoms with van der Waals surface area (Å²) in [4.78, 5) is 0. The zero-order valence-electron chi connectivity index (χ0n) is 11.8. The van der Waals surface area contributed by atoms with Crippen LogP contribution in [0.4, 0.5) is 4.39 Å². The van der Waals surface area contributed by atoms with E-state index in [1.807, 2.05) is 24.3 Å². The molecule has 0 aliphatic carbocycles. The molecule has 0 amide bonds. The Morgan fingerprint density at radius 3 is 2.52 bits per heavy atom. The molecule has 0 aromatic heterocycles. The number of hydrazine groups is 1. The van der Waals surface area contributed by atoms with E-state index in [1.54, 1.807) is 12.1 Å². The highest BCUT2D eigenvalue weighted by Gasteiger charge is 2.16. The van der Waals surface area contributed by atoms with Crippen molar-refractivity contribution >= 4 is 15.9 Å². The number of ether oxygens (including phenoxy) is 1. The third-order valence-corrected chi connectivity index (χ3v) is 3.62.